The van der Waals surface area contributed by atoms with E-state index in [1.165, 1.54) is 6.08 Å². The minimum Gasteiger partial charge on any atom is -0.386 e. The van der Waals surface area contributed by atoms with Crippen molar-refractivity contribution in [3.63, 3.8) is 0 Å². The van der Waals surface area contributed by atoms with Gasteiger partial charge in [0.25, 0.3) is 0 Å². The smallest absolute Gasteiger partial charge is 0.164 e. The lowest BCUT2D eigenvalue weighted by molar-refractivity contribution is -0.188. The zero-order chi connectivity index (χ0) is 14.7. The Morgan fingerprint density at radius 3 is 2.53 bits per heavy atom. The maximum absolute atomic E-state index is 10.1. The summed E-state index contributed by atoms with van der Waals surface area (Å²) < 4.78 is 22.2. The fourth-order valence-corrected chi connectivity index (χ4v) is 2.30. The molecule has 1 saturated heterocycles. The van der Waals surface area contributed by atoms with Gasteiger partial charge in [-0.1, -0.05) is 12.2 Å². The number of hydrogen-bond donors (Lipinski definition) is 1. The van der Waals surface area contributed by atoms with Gasteiger partial charge < -0.3 is 24.1 Å². The molecule has 0 amide bonds. The number of aliphatic hydroxyl groups is 1. The van der Waals surface area contributed by atoms with Crippen LogP contribution in [0.4, 0.5) is 0 Å². The van der Waals surface area contributed by atoms with Gasteiger partial charge >= 0.3 is 0 Å². The van der Waals surface area contributed by atoms with Crippen LogP contribution in [0.5, 0.6) is 0 Å². The predicted molar refractivity (Wildman–Crippen MR) is 71.6 cm³/mol. The highest BCUT2D eigenvalue weighted by Gasteiger charge is 2.57. The topological polar surface area (TPSA) is 57.2 Å². The van der Waals surface area contributed by atoms with Crippen molar-refractivity contribution in [1.29, 1.82) is 0 Å². The van der Waals surface area contributed by atoms with Crippen LogP contribution in [0.15, 0.2) is 25.3 Å². The Bertz CT molecular complexity index is 328. The fourth-order valence-electron chi connectivity index (χ4n) is 2.30. The van der Waals surface area contributed by atoms with Crippen molar-refractivity contribution in [3.05, 3.63) is 25.3 Å². The molecular weight excluding hydrogens is 248 g/mol. The van der Waals surface area contributed by atoms with Gasteiger partial charge in [0, 0.05) is 7.11 Å². The van der Waals surface area contributed by atoms with Crippen LogP contribution in [0.2, 0.25) is 0 Å². The molecule has 0 aromatic heterocycles. The van der Waals surface area contributed by atoms with Crippen LogP contribution >= 0.6 is 0 Å². The quantitative estimate of drug-likeness (QED) is 0.564. The van der Waals surface area contributed by atoms with E-state index in [9.17, 15) is 5.11 Å². The highest BCUT2D eigenvalue weighted by molar-refractivity contribution is 5.15. The van der Waals surface area contributed by atoms with E-state index in [4.69, 9.17) is 18.9 Å². The Morgan fingerprint density at radius 2 is 2.05 bits per heavy atom. The highest BCUT2D eigenvalue weighted by atomic mass is 16.8. The molecule has 0 radical (unpaired) electrons. The predicted octanol–water partition coefficient (Wildman–Crippen LogP) is 1.62. The number of methoxy groups -OCH3 is 1. The molecule has 1 aliphatic heterocycles. The fraction of sp³-hybridized carbons (Fsp3) is 0.714. The lowest BCUT2D eigenvalue weighted by Gasteiger charge is -2.36. The molecule has 0 aliphatic carbocycles. The lowest BCUT2D eigenvalue weighted by atomic mass is 9.87. The van der Waals surface area contributed by atoms with E-state index in [0.29, 0.717) is 0 Å². The van der Waals surface area contributed by atoms with E-state index in [1.807, 2.05) is 6.92 Å². The van der Waals surface area contributed by atoms with E-state index in [-0.39, 0.29) is 6.79 Å². The van der Waals surface area contributed by atoms with Crippen molar-refractivity contribution in [2.45, 2.75) is 50.5 Å². The molecule has 0 spiro atoms. The first kappa shape index (κ1) is 16.3. The second-order valence-electron chi connectivity index (χ2n) is 5.04. The molecule has 0 aromatic carbocycles. The minimum atomic E-state index is -0.963. The van der Waals surface area contributed by atoms with Crippen LogP contribution in [0.25, 0.3) is 0 Å². The zero-order valence-corrected chi connectivity index (χ0v) is 12.1. The largest absolute Gasteiger partial charge is 0.386 e. The third-order valence-electron chi connectivity index (χ3n) is 3.22. The maximum Gasteiger partial charge on any atom is 0.164 e. The summed E-state index contributed by atoms with van der Waals surface area (Å²) >= 11 is 0. The first-order valence-electron chi connectivity index (χ1n) is 6.25. The zero-order valence-electron chi connectivity index (χ0n) is 12.1. The van der Waals surface area contributed by atoms with Crippen LogP contribution < -0.4 is 0 Å². The lowest BCUT2D eigenvalue weighted by Crippen LogP contribution is -2.53. The average Bonchev–Trinajstić information content (AvgIpc) is 2.67. The van der Waals surface area contributed by atoms with Gasteiger partial charge in [-0.15, -0.1) is 13.2 Å². The van der Waals surface area contributed by atoms with Crippen molar-refractivity contribution in [2.75, 3.05) is 13.9 Å². The molecule has 0 aromatic rings. The monoisotopic (exact) mass is 272 g/mol. The number of rotatable bonds is 7. The van der Waals surface area contributed by atoms with Crippen LogP contribution in [0.3, 0.4) is 0 Å². The van der Waals surface area contributed by atoms with Gasteiger partial charge in [-0.2, -0.15) is 0 Å². The molecule has 4 atom stereocenters. The van der Waals surface area contributed by atoms with E-state index in [0.717, 1.165) is 0 Å². The normalized spacial score (nSPS) is 32.8. The van der Waals surface area contributed by atoms with Crippen LogP contribution in [0.1, 0.15) is 20.8 Å². The van der Waals surface area contributed by atoms with Crippen molar-refractivity contribution < 1.29 is 24.1 Å². The van der Waals surface area contributed by atoms with Gasteiger partial charge in [0.05, 0.1) is 6.10 Å². The molecule has 0 bridgehead atoms. The summed E-state index contributed by atoms with van der Waals surface area (Å²) in [4.78, 5) is 0. The Kier molecular flexibility index (Phi) is 5.29. The molecule has 1 fully saturated rings. The van der Waals surface area contributed by atoms with E-state index in [1.54, 1.807) is 27.0 Å². The molecule has 1 rings (SSSR count). The van der Waals surface area contributed by atoms with Crippen molar-refractivity contribution >= 4 is 0 Å². The number of aliphatic hydroxyl groups excluding tert-OH is 1. The first-order valence-corrected chi connectivity index (χ1v) is 6.25. The third kappa shape index (κ3) is 3.24. The van der Waals surface area contributed by atoms with Gasteiger partial charge in [0.2, 0.25) is 0 Å². The Balaban J connectivity index is 3.05. The van der Waals surface area contributed by atoms with Gasteiger partial charge in [-0.05, 0) is 20.8 Å². The molecule has 5 nitrogen and oxygen atoms in total. The Labute approximate surface area is 114 Å². The SMILES string of the molecule is C=C[C@H](O)[C@@H]1OC(C)(C)O[C@@]1(C=C)[C@H](C)OCOC. The molecule has 0 unspecified atom stereocenters. The van der Waals surface area contributed by atoms with Crippen molar-refractivity contribution in [3.8, 4) is 0 Å². The summed E-state index contributed by atoms with van der Waals surface area (Å²) in [6, 6.07) is 0. The molecule has 110 valence electrons. The Hall–Kier alpha value is -0.720. The molecule has 19 heavy (non-hydrogen) atoms. The third-order valence-corrected chi connectivity index (χ3v) is 3.22. The van der Waals surface area contributed by atoms with E-state index in [2.05, 4.69) is 13.2 Å². The summed E-state index contributed by atoms with van der Waals surface area (Å²) in [5, 5.41) is 10.1. The molecule has 1 N–H and O–H groups in total. The summed E-state index contributed by atoms with van der Waals surface area (Å²) in [5.74, 6) is -0.840. The summed E-state index contributed by atoms with van der Waals surface area (Å²) in [5.41, 5.74) is -0.963. The van der Waals surface area contributed by atoms with Gasteiger partial charge in [0.15, 0.2) is 5.79 Å². The van der Waals surface area contributed by atoms with Gasteiger partial charge in [-0.25, -0.2) is 0 Å². The molecule has 5 heteroatoms. The standard InChI is InChI=1S/C14H24O5/c1-7-11(15)12-14(8-2,10(3)17-9-16-6)19-13(4,5)18-12/h7-8,10-12,15H,1-2,9H2,3-6H3/t10-,11-,12-,14-/m0/s1. The minimum absolute atomic E-state index is 0.122. The summed E-state index contributed by atoms with van der Waals surface area (Å²) in [6.45, 7) is 12.9. The van der Waals surface area contributed by atoms with E-state index >= 15 is 0 Å². The molecule has 1 heterocycles. The second-order valence-corrected chi connectivity index (χ2v) is 5.04. The summed E-state index contributed by atoms with van der Waals surface area (Å²) in [7, 11) is 1.54. The molecular formula is C14H24O5. The van der Waals surface area contributed by atoms with Crippen LogP contribution in [0, 0.1) is 0 Å². The molecule has 1 aliphatic rings. The van der Waals surface area contributed by atoms with Crippen LogP contribution in [-0.2, 0) is 18.9 Å². The molecule has 0 saturated carbocycles. The Morgan fingerprint density at radius 1 is 1.42 bits per heavy atom. The highest BCUT2D eigenvalue weighted by Crippen LogP contribution is 2.42. The average molecular weight is 272 g/mol. The van der Waals surface area contributed by atoms with E-state index < -0.39 is 29.7 Å². The van der Waals surface area contributed by atoms with Crippen LogP contribution in [-0.4, -0.2) is 48.7 Å². The first-order chi connectivity index (χ1) is 8.83. The van der Waals surface area contributed by atoms with Gasteiger partial charge in [-0.3, -0.25) is 0 Å². The van der Waals surface area contributed by atoms with Crippen molar-refractivity contribution in [1.82, 2.24) is 0 Å². The number of ether oxygens (including phenoxy) is 4. The van der Waals surface area contributed by atoms with Crippen molar-refractivity contribution in [2.24, 2.45) is 0 Å². The maximum atomic E-state index is 10.1. The second kappa shape index (κ2) is 6.15. The van der Waals surface area contributed by atoms with Gasteiger partial charge in [0.1, 0.15) is 24.6 Å². The number of hydrogen-bond acceptors (Lipinski definition) is 5. The summed E-state index contributed by atoms with van der Waals surface area (Å²) in [6.07, 6.45) is 1.11.